The standard InChI is InChI=1S/C19H18N2O5S2/c1-26-14(22)8-27-19-21-12-5-4-11(7-13(12)28-19)20-17(23)15-9-2-3-10(6-9)16(15)18(24)25/h2-5,7,9-10,15-16H,6,8H2,1H3,(H,20,23)(H,24,25)/t9-,10-,15-,16-/m0/s1. The van der Waals surface area contributed by atoms with Crippen LogP contribution in [-0.2, 0) is 19.1 Å². The van der Waals surface area contributed by atoms with E-state index >= 15 is 0 Å². The van der Waals surface area contributed by atoms with Crippen LogP contribution in [0.15, 0.2) is 34.7 Å². The molecule has 1 heterocycles. The highest BCUT2D eigenvalue weighted by Crippen LogP contribution is 2.48. The van der Waals surface area contributed by atoms with Gasteiger partial charge in [0.15, 0.2) is 4.34 Å². The van der Waals surface area contributed by atoms with E-state index in [1.807, 2.05) is 18.2 Å². The molecule has 0 saturated heterocycles. The van der Waals surface area contributed by atoms with Gasteiger partial charge in [0.25, 0.3) is 0 Å². The lowest BCUT2D eigenvalue weighted by Gasteiger charge is -2.23. The topological polar surface area (TPSA) is 106 Å². The van der Waals surface area contributed by atoms with Crippen molar-refractivity contribution < 1.29 is 24.2 Å². The first-order valence-corrected chi connectivity index (χ1v) is 10.6. The third-order valence-corrected chi connectivity index (χ3v) is 7.36. The Hall–Kier alpha value is -2.39. The molecule has 1 aromatic carbocycles. The maximum atomic E-state index is 12.8. The summed E-state index contributed by atoms with van der Waals surface area (Å²) in [4.78, 5) is 40.1. The van der Waals surface area contributed by atoms with Crippen molar-refractivity contribution >= 4 is 56.8 Å². The van der Waals surface area contributed by atoms with Gasteiger partial charge in [-0.2, -0.15) is 0 Å². The number of methoxy groups -OCH3 is 1. The summed E-state index contributed by atoms with van der Waals surface area (Å²) in [6, 6.07) is 5.39. The van der Waals surface area contributed by atoms with Crippen molar-refractivity contribution in [2.75, 3.05) is 18.2 Å². The minimum absolute atomic E-state index is 0.0143. The molecule has 7 nitrogen and oxygen atoms in total. The molecular formula is C19H18N2O5S2. The van der Waals surface area contributed by atoms with E-state index in [2.05, 4.69) is 15.0 Å². The van der Waals surface area contributed by atoms with Gasteiger partial charge in [0.05, 0.1) is 34.9 Å². The van der Waals surface area contributed by atoms with Gasteiger partial charge in [-0.05, 0) is 36.5 Å². The van der Waals surface area contributed by atoms with E-state index in [0.29, 0.717) is 5.69 Å². The summed E-state index contributed by atoms with van der Waals surface area (Å²) in [5.41, 5.74) is 1.39. The number of nitrogens with zero attached hydrogens (tertiary/aromatic N) is 1. The highest BCUT2D eigenvalue weighted by molar-refractivity contribution is 8.01. The number of carbonyl (C=O) groups excluding carboxylic acids is 2. The Balaban J connectivity index is 1.48. The molecule has 1 amide bonds. The van der Waals surface area contributed by atoms with Crippen molar-refractivity contribution in [3.05, 3.63) is 30.4 Å². The third-order valence-electron chi connectivity index (χ3n) is 5.22. The fourth-order valence-electron chi connectivity index (χ4n) is 3.96. The van der Waals surface area contributed by atoms with Gasteiger partial charge in [0.1, 0.15) is 0 Å². The number of esters is 1. The Bertz CT molecular complexity index is 986. The van der Waals surface area contributed by atoms with Gasteiger partial charge in [0, 0.05) is 5.69 Å². The number of hydrogen-bond donors (Lipinski definition) is 2. The Kier molecular flexibility index (Phi) is 5.11. The summed E-state index contributed by atoms with van der Waals surface area (Å²) in [5.74, 6) is -2.58. The second-order valence-corrected chi connectivity index (χ2v) is 9.11. The number of nitrogens with one attached hydrogen (secondary N) is 1. The molecule has 4 atom stereocenters. The predicted octanol–water partition coefficient (Wildman–Crippen LogP) is 3.02. The summed E-state index contributed by atoms with van der Waals surface area (Å²) in [6.45, 7) is 0. The molecule has 146 valence electrons. The van der Waals surface area contributed by atoms with E-state index in [0.717, 1.165) is 21.0 Å². The number of thioether (sulfide) groups is 1. The van der Waals surface area contributed by atoms with Crippen molar-refractivity contribution in [2.24, 2.45) is 23.7 Å². The lowest BCUT2D eigenvalue weighted by Crippen LogP contribution is -2.36. The number of hydrogen-bond acceptors (Lipinski definition) is 7. The number of rotatable bonds is 6. The predicted molar refractivity (Wildman–Crippen MR) is 106 cm³/mol. The Morgan fingerprint density at radius 1 is 1.29 bits per heavy atom. The van der Waals surface area contributed by atoms with Crippen LogP contribution in [0.3, 0.4) is 0 Å². The van der Waals surface area contributed by atoms with Gasteiger partial charge >= 0.3 is 11.9 Å². The van der Waals surface area contributed by atoms with E-state index < -0.39 is 17.8 Å². The maximum absolute atomic E-state index is 12.8. The van der Waals surface area contributed by atoms with Gasteiger partial charge in [0.2, 0.25) is 5.91 Å². The lowest BCUT2D eigenvalue weighted by molar-refractivity contribution is -0.146. The number of thiazole rings is 1. The molecule has 4 rings (SSSR count). The molecule has 0 unspecified atom stereocenters. The van der Waals surface area contributed by atoms with Crippen LogP contribution in [0.1, 0.15) is 6.42 Å². The van der Waals surface area contributed by atoms with Crippen molar-refractivity contribution in [1.29, 1.82) is 0 Å². The van der Waals surface area contributed by atoms with Crippen LogP contribution < -0.4 is 5.32 Å². The Labute approximate surface area is 169 Å². The summed E-state index contributed by atoms with van der Waals surface area (Å²) in [6.07, 6.45) is 4.61. The number of aliphatic carboxylic acids is 1. The number of benzene rings is 1. The molecule has 2 aliphatic carbocycles. The van der Waals surface area contributed by atoms with Gasteiger partial charge < -0.3 is 15.2 Å². The zero-order chi connectivity index (χ0) is 19.8. The minimum Gasteiger partial charge on any atom is -0.481 e. The van der Waals surface area contributed by atoms with Crippen LogP contribution in [0, 0.1) is 23.7 Å². The first kappa shape index (κ1) is 18.9. The van der Waals surface area contributed by atoms with Crippen molar-refractivity contribution in [3.8, 4) is 0 Å². The monoisotopic (exact) mass is 418 g/mol. The molecule has 0 aliphatic heterocycles. The second kappa shape index (κ2) is 7.56. The SMILES string of the molecule is COC(=O)CSc1nc2ccc(NC(=O)[C@@H]3[C@@H](C(=O)O)[C@H]4C=C[C@H]3C4)cc2s1. The van der Waals surface area contributed by atoms with Crippen LogP contribution in [-0.4, -0.2) is 40.8 Å². The van der Waals surface area contributed by atoms with Gasteiger partial charge in [-0.1, -0.05) is 23.9 Å². The van der Waals surface area contributed by atoms with Gasteiger partial charge in [-0.25, -0.2) is 4.98 Å². The Morgan fingerprint density at radius 2 is 2.04 bits per heavy atom. The number of carboxylic acids is 1. The van der Waals surface area contributed by atoms with Gasteiger partial charge in [-0.15, -0.1) is 11.3 Å². The van der Waals surface area contributed by atoms with E-state index in [-0.39, 0.29) is 29.5 Å². The van der Waals surface area contributed by atoms with Crippen molar-refractivity contribution in [1.82, 2.24) is 4.98 Å². The van der Waals surface area contributed by atoms with Crippen LogP contribution in [0.5, 0.6) is 0 Å². The largest absolute Gasteiger partial charge is 0.481 e. The Morgan fingerprint density at radius 3 is 2.75 bits per heavy atom. The zero-order valence-corrected chi connectivity index (χ0v) is 16.6. The number of carboxylic acid groups (broad SMARTS) is 1. The zero-order valence-electron chi connectivity index (χ0n) is 15.0. The number of anilines is 1. The highest BCUT2D eigenvalue weighted by Gasteiger charge is 2.51. The van der Waals surface area contributed by atoms with Crippen LogP contribution in [0.4, 0.5) is 5.69 Å². The molecule has 2 aromatic rings. The number of amides is 1. The van der Waals surface area contributed by atoms with E-state index in [9.17, 15) is 19.5 Å². The molecule has 1 saturated carbocycles. The summed E-state index contributed by atoms with van der Waals surface area (Å²) in [5, 5.41) is 12.4. The molecule has 2 aliphatic rings. The normalized spacial score (nSPS) is 25.2. The molecular weight excluding hydrogens is 400 g/mol. The van der Waals surface area contributed by atoms with Crippen LogP contribution in [0.2, 0.25) is 0 Å². The lowest BCUT2D eigenvalue weighted by atomic mass is 9.82. The average Bonchev–Trinajstić information content (AvgIpc) is 3.38. The summed E-state index contributed by atoms with van der Waals surface area (Å²) in [7, 11) is 1.34. The number of aromatic nitrogens is 1. The van der Waals surface area contributed by atoms with Crippen LogP contribution >= 0.6 is 23.1 Å². The fourth-order valence-corrected chi connectivity index (χ4v) is 5.90. The summed E-state index contributed by atoms with van der Waals surface area (Å²) >= 11 is 2.73. The molecule has 2 bridgehead atoms. The minimum atomic E-state index is -0.915. The first-order valence-electron chi connectivity index (χ1n) is 8.78. The second-order valence-electron chi connectivity index (χ2n) is 6.85. The fraction of sp³-hybridized carbons (Fsp3) is 0.368. The average molecular weight is 418 g/mol. The molecule has 0 spiro atoms. The number of ether oxygens (including phenoxy) is 1. The van der Waals surface area contributed by atoms with Crippen molar-refractivity contribution in [2.45, 2.75) is 10.8 Å². The molecule has 0 radical (unpaired) electrons. The third kappa shape index (κ3) is 3.51. The number of fused-ring (bicyclic) bond motifs is 3. The quantitative estimate of drug-likeness (QED) is 0.422. The van der Waals surface area contributed by atoms with E-state index in [4.69, 9.17) is 0 Å². The summed E-state index contributed by atoms with van der Waals surface area (Å²) < 4.78 is 6.25. The molecule has 9 heteroatoms. The van der Waals surface area contributed by atoms with E-state index in [1.165, 1.54) is 30.2 Å². The first-order chi connectivity index (χ1) is 13.5. The number of allylic oxidation sites excluding steroid dienone is 2. The molecule has 1 aromatic heterocycles. The molecule has 2 N–H and O–H groups in total. The molecule has 28 heavy (non-hydrogen) atoms. The van der Waals surface area contributed by atoms with Crippen molar-refractivity contribution in [3.63, 3.8) is 0 Å². The molecule has 1 fully saturated rings. The number of carbonyl (C=O) groups is 3. The smallest absolute Gasteiger partial charge is 0.316 e. The van der Waals surface area contributed by atoms with E-state index in [1.54, 1.807) is 12.1 Å². The van der Waals surface area contributed by atoms with Gasteiger partial charge in [-0.3, -0.25) is 14.4 Å². The van der Waals surface area contributed by atoms with Crippen LogP contribution in [0.25, 0.3) is 10.2 Å². The highest BCUT2D eigenvalue weighted by atomic mass is 32.2. The maximum Gasteiger partial charge on any atom is 0.316 e.